The SMILES string of the molecule is COc1ccccc1CNC12CC3CC(CC(O)(C3)C1)C2. The van der Waals surface area contributed by atoms with Crippen molar-refractivity contribution in [3.05, 3.63) is 29.8 Å². The van der Waals surface area contributed by atoms with Gasteiger partial charge in [0.05, 0.1) is 12.7 Å². The van der Waals surface area contributed by atoms with Crippen molar-refractivity contribution >= 4 is 0 Å². The molecule has 4 fully saturated rings. The van der Waals surface area contributed by atoms with Crippen LogP contribution in [-0.2, 0) is 6.54 Å². The van der Waals surface area contributed by atoms with E-state index in [1.54, 1.807) is 7.11 Å². The molecule has 4 bridgehead atoms. The van der Waals surface area contributed by atoms with Gasteiger partial charge in [-0.1, -0.05) is 18.2 Å². The van der Waals surface area contributed by atoms with Gasteiger partial charge in [-0.05, 0) is 56.4 Å². The molecule has 1 aromatic rings. The molecule has 0 spiro atoms. The van der Waals surface area contributed by atoms with Gasteiger partial charge in [-0.15, -0.1) is 0 Å². The van der Waals surface area contributed by atoms with Gasteiger partial charge >= 0.3 is 0 Å². The van der Waals surface area contributed by atoms with Gasteiger partial charge in [0.2, 0.25) is 0 Å². The highest BCUT2D eigenvalue weighted by Crippen LogP contribution is 2.57. The molecular formula is C18H25NO2. The minimum Gasteiger partial charge on any atom is -0.496 e. The van der Waals surface area contributed by atoms with Gasteiger partial charge in [-0.3, -0.25) is 0 Å². The number of para-hydroxylation sites is 1. The monoisotopic (exact) mass is 287 g/mol. The van der Waals surface area contributed by atoms with Crippen molar-refractivity contribution in [3.8, 4) is 5.75 Å². The normalized spacial score (nSPS) is 40.5. The summed E-state index contributed by atoms with van der Waals surface area (Å²) in [6.45, 7) is 0.833. The molecule has 3 heteroatoms. The van der Waals surface area contributed by atoms with Crippen molar-refractivity contribution in [2.45, 2.75) is 56.2 Å². The van der Waals surface area contributed by atoms with Crippen LogP contribution in [0.15, 0.2) is 24.3 Å². The number of rotatable bonds is 4. The summed E-state index contributed by atoms with van der Waals surface area (Å²) in [6, 6.07) is 8.22. The van der Waals surface area contributed by atoms with Crippen LogP contribution in [0.4, 0.5) is 0 Å². The molecule has 5 rings (SSSR count). The predicted octanol–water partition coefficient (Wildman–Crippen LogP) is 2.87. The Labute approximate surface area is 126 Å². The zero-order valence-electron chi connectivity index (χ0n) is 12.8. The van der Waals surface area contributed by atoms with Crippen molar-refractivity contribution in [1.29, 1.82) is 0 Å². The molecule has 4 aliphatic carbocycles. The van der Waals surface area contributed by atoms with Crippen LogP contribution in [0, 0.1) is 11.8 Å². The molecule has 2 atom stereocenters. The Balaban J connectivity index is 1.52. The minimum atomic E-state index is -0.391. The smallest absolute Gasteiger partial charge is 0.123 e. The van der Waals surface area contributed by atoms with Crippen LogP contribution in [0.5, 0.6) is 5.75 Å². The quantitative estimate of drug-likeness (QED) is 0.894. The third kappa shape index (κ3) is 2.36. The molecule has 0 aliphatic heterocycles. The molecule has 1 aromatic carbocycles. The molecule has 0 saturated heterocycles. The fourth-order valence-electron chi connectivity index (χ4n) is 5.55. The number of hydrogen-bond donors (Lipinski definition) is 2. The van der Waals surface area contributed by atoms with Gasteiger partial charge in [0.1, 0.15) is 5.75 Å². The van der Waals surface area contributed by atoms with Crippen molar-refractivity contribution in [3.63, 3.8) is 0 Å². The van der Waals surface area contributed by atoms with Crippen molar-refractivity contribution < 1.29 is 9.84 Å². The summed E-state index contributed by atoms with van der Waals surface area (Å²) in [5.41, 5.74) is 0.972. The molecule has 0 aromatic heterocycles. The zero-order valence-corrected chi connectivity index (χ0v) is 12.8. The average Bonchev–Trinajstić information content (AvgIpc) is 2.43. The Kier molecular flexibility index (Phi) is 3.05. The summed E-state index contributed by atoms with van der Waals surface area (Å²) in [4.78, 5) is 0. The maximum Gasteiger partial charge on any atom is 0.123 e. The molecule has 4 saturated carbocycles. The summed E-state index contributed by atoms with van der Waals surface area (Å²) in [6.07, 6.45) is 6.80. The van der Waals surface area contributed by atoms with Crippen LogP contribution in [0.2, 0.25) is 0 Å². The third-order valence-electron chi connectivity index (χ3n) is 5.88. The Morgan fingerprint density at radius 2 is 1.90 bits per heavy atom. The van der Waals surface area contributed by atoms with Crippen molar-refractivity contribution in [2.75, 3.05) is 7.11 Å². The summed E-state index contributed by atoms with van der Waals surface area (Å²) in [5, 5.41) is 14.6. The first-order chi connectivity index (χ1) is 10.1. The van der Waals surface area contributed by atoms with Crippen LogP contribution < -0.4 is 10.1 Å². The number of hydrogen-bond acceptors (Lipinski definition) is 3. The van der Waals surface area contributed by atoms with E-state index in [9.17, 15) is 5.11 Å². The van der Waals surface area contributed by atoms with Crippen LogP contribution in [0.1, 0.15) is 44.1 Å². The number of aliphatic hydroxyl groups is 1. The van der Waals surface area contributed by atoms with Gasteiger partial charge in [0.25, 0.3) is 0 Å². The first-order valence-electron chi connectivity index (χ1n) is 8.19. The lowest BCUT2D eigenvalue weighted by Crippen LogP contribution is -2.64. The average molecular weight is 287 g/mol. The number of ether oxygens (including phenoxy) is 1. The topological polar surface area (TPSA) is 41.5 Å². The lowest BCUT2D eigenvalue weighted by atomic mass is 9.51. The maximum absolute atomic E-state index is 10.8. The molecule has 0 radical (unpaired) electrons. The molecular weight excluding hydrogens is 262 g/mol. The third-order valence-corrected chi connectivity index (χ3v) is 5.88. The summed E-state index contributed by atoms with van der Waals surface area (Å²) >= 11 is 0. The molecule has 21 heavy (non-hydrogen) atoms. The van der Waals surface area contributed by atoms with E-state index in [0.29, 0.717) is 0 Å². The van der Waals surface area contributed by atoms with Crippen molar-refractivity contribution in [2.24, 2.45) is 11.8 Å². The number of methoxy groups -OCH3 is 1. The summed E-state index contributed by atoms with van der Waals surface area (Å²) < 4.78 is 5.45. The summed E-state index contributed by atoms with van der Waals surface area (Å²) in [7, 11) is 1.73. The number of benzene rings is 1. The van der Waals surface area contributed by atoms with Crippen LogP contribution in [0.3, 0.4) is 0 Å². The largest absolute Gasteiger partial charge is 0.496 e. The maximum atomic E-state index is 10.8. The zero-order chi connectivity index (χ0) is 14.5. The second-order valence-corrected chi connectivity index (χ2v) is 7.63. The lowest BCUT2D eigenvalue weighted by molar-refractivity contribution is -0.142. The first kappa shape index (κ1) is 13.6. The van der Waals surface area contributed by atoms with E-state index in [0.717, 1.165) is 43.4 Å². The van der Waals surface area contributed by atoms with Crippen LogP contribution in [0.25, 0.3) is 0 Å². The lowest BCUT2D eigenvalue weighted by Gasteiger charge is -2.60. The first-order valence-corrected chi connectivity index (χ1v) is 8.19. The van der Waals surface area contributed by atoms with Crippen LogP contribution >= 0.6 is 0 Å². The highest BCUT2D eigenvalue weighted by atomic mass is 16.5. The fourth-order valence-corrected chi connectivity index (χ4v) is 5.55. The Bertz CT molecular complexity index is 528. The minimum absolute atomic E-state index is 0.152. The molecule has 0 heterocycles. The standard InChI is InChI=1S/C18H25NO2/c1-21-16-5-3-2-4-15(16)11-19-17-7-13-6-14(8-17)10-18(20,9-13)12-17/h2-5,13-14,19-20H,6-12H2,1H3. The summed E-state index contributed by atoms with van der Waals surface area (Å²) in [5.74, 6) is 2.40. The second-order valence-electron chi connectivity index (χ2n) is 7.63. The Hall–Kier alpha value is -1.06. The highest BCUT2D eigenvalue weighted by molar-refractivity contribution is 5.33. The van der Waals surface area contributed by atoms with Gasteiger partial charge in [-0.2, -0.15) is 0 Å². The number of nitrogens with one attached hydrogen (secondary N) is 1. The molecule has 3 nitrogen and oxygen atoms in total. The molecule has 2 unspecified atom stereocenters. The van der Waals surface area contributed by atoms with E-state index in [4.69, 9.17) is 4.74 Å². The Morgan fingerprint density at radius 1 is 1.19 bits per heavy atom. The van der Waals surface area contributed by atoms with E-state index >= 15 is 0 Å². The van der Waals surface area contributed by atoms with Crippen LogP contribution in [-0.4, -0.2) is 23.4 Å². The predicted molar refractivity (Wildman–Crippen MR) is 82.2 cm³/mol. The highest BCUT2D eigenvalue weighted by Gasteiger charge is 2.56. The molecule has 4 aliphatic rings. The molecule has 114 valence electrons. The molecule has 0 amide bonds. The van der Waals surface area contributed by atoms with Gasteiger partial charge in [0.15, 0.2) is 0 Å². The fraction of sp³-hybridized carbons (Fsp3) is 0.667. The van der Waals surface area contributed by atoms with Gasteiger partial charge in [0, 0.05) is 17.6 Å². The van der Waals surface area contributed by atoms with E-state index in [1.807, 2.05) is 12.1 Å². The van der Waals surface area contributed by atoms with Gasteiger partial charge in [-0.25, -0.2) is 0 Å². The van der Waals surface area contributed by atoms with E-state index < -0.39 is 5.60 Å². The van der Waals surface area contributed by atoms with Gasteiger partial charge < -0.3 is 15.2 Å². The van der Waals surface area contributed by atoms with Crippen molar-refractivity contribution in [1.82, 2.24) is 5.32 Å². The molecule has 2 N–H and O–H groups in total. The van der Waals surface area contributed by atoms with E-state index in [-0.39, 0.29) is 5.54 Å². The van der Waals surface area contributed by atoms with E-state index in [1.165, 1.54) is 24.8 Å². The van der Waals surface area contributed by atoms with E-state index in [2.05, 4.69) is 17.4 Å². The second kappa shape index (κ2) is 4.72. The Morgan fingerprint density at radius 3 is 2.57 bits per heavy atom.